The van der Waals surface area contributed by atoms with E-state index in [0.717, 1.165) is 51.2 Å². The Hall–Kier alpha value is -0.940. The molecule has 0 atom stereocenters. The second-order valence-electron chi connectivity index (χ2n) is 9.19. The molecule has 0 radical (unpaired) electrons. The fraction of sp³-hybridized carbons (Fsp3) is 0.913. The number of amides is 1. The highest BCUT2D eigenvalue weighted by Crippen LogP contribution is 2.29. The van der Waals surface area contributed by atoms with Gasteiger partial charge in [0.15, 0.2) is 0 Å². The summed E-state index contributed by atoms with van der Waals surface area (Å²) >= 11 is 0. The molecule has 28 heavy (non-hydrogen) atoms. The van der Waals surface area contributed by atoms with Gasteiger partial charge in [-0.2, -0.15) is 0 Å². The van der Waals surface area contributed by atoms with E-state index in [1.165, 1.54) is 25.7 Å². The summed E-state index contributed by atoms with van der Waals surface area (Å²) < 4.78 is 11.1. The molecule has 0 spiro atoms. The molecular weight excluding hydrogens is 354 g/mol. The highest BCUT2D eigenvalue weighted by Gasteiger charge is 2.28. The van der Waals surface area contributed by atoms with Crippen molar-refractivity contribution in [1.29, 1.82) is 0 Å². The minimum Gasteiger partial charge on any atom is -0.384 e. The molecule has 0 heterocycles. The van der Waals surface area contributed by atoms with Gasteiger partial charge in [0.05, 0.1) is 0 Å². The zero-order valence-electron chi connectivity index (χ0n) is 18.2. The van der Waals surface area contributed by atoms with Crippen molar-refractivity contribution >= 4 is 11.7 Å². The third-order valence-corrected chi connectivity index (χ3v) is 6.48. The smallest absolute Gasteiger partial charge is 0.220 e. The second-order valence-corrected chi connectivity index (χ2v) is 9.19. The molecule has 0 unspecified atom stereocenters. The molecule has 2 rings (SSSR count). The highest BCUT2D eigenvalue weighted by atomic mass is 16.5. The van der Waals surface area contributed by atoms with E-state index in [1.807, 2.05) is 13.8 Å². The number of methoxy groups -OCH3 is 1. The van der Waals surface area contributed by atoms with Gasteiger partial charge < -0.3 is 14.8 Å². The molecule has 0 saturated heterocycles. The van der Waals surface area contributed by atoms with Crippen LogP contribution in [0.4, 0.5) is 0 Å². The molecule has 0 bridgehead atoms. The molecule has 0 aromatic heterocycles. The van der Waals surface area contributed by atoms with Crippen LogP contribution in [-0.2, 0) is 19.1 Å². The lowest BCUT2D eigenvalue weighted by molar-refractivity contribution is -0.127. The Morgan fingerprint density at radius 2 is 1.57 bits per heavy atom. The first-order valence-electron chi connectivity index (χ1n) is 11.4. The van der Waals surface area contributed by atoms with E-state index in [-0.39, 0.29) is 25.2 Å². The summed E-state index contributed by atoms with van der Waals surface area (Å²) in [6.45, 7) is 6.34. The molecule has 164 valence electrons. The van der Waals surface area contributed by atoms with Gasteiger partial charge in [0.1, 0.15) is 5.78 Å². The minimum absolute atomic E-state index is 0. The molecule has 5 nitrogen and oxygen atoms in total. The number of hydrogen-bond acceptors (Lipinski definition) is 4. The van der Waals surface area contributed by atoms with Crippen LogP contribution in [0.2, 0.25) is 0 Å². The summed E-state index contributed by atoms with van der Waals surface area (Å²) in [5, 5.41) is 3.15. The molecule has 2 aliphatic rings. The first kappa shape index (κ1) is 23.3. The minimum atomic E-state index is 0. The Balaban J connectivity index is 0.00000420. The van der Waals surface area contributed by atoms with Gasteiger partial charge in [0, 0.05) is 52.7 Å². The van der Waals surface area contributed by atoms with Crippen molar-refractivity contribution in [3.05, 3.63) is 0 Å². The zero-order valence-corrected chi connectivity index (χ0v) is 18.2. The fourth-order valence-corrected chi connectivity index (χ4v) is 4.68. The molecule has 2 fully saturated rings. The van der Waals surface area contributed by atoms with Crippen molar-refractivity contribution in [2.24, 2.45) is 23.7 Å². The van der Waals surface area contributed by atoms with Crippen LogP contribution in [0.3, 0.4) is 0 Å². The quantitative estimate of drug-likeness (QED) is 0.525. The van der Waals surface area contributed by atoms with Gasteiger partial charge in [-0.3, -0.25) is 9.59 Å². The fourth-order valence-electron chi connectivity index (χ4n) is 4.68. The van der Waals surface area contributed by atoms with Crippen LogP contribution in [0.1, 0.15) is 79.5 Å². The van der Waals surface area contributed by atoms with Gasteiger partial charge in [-0.25, -0.2) is 0 Å². The Kier molecular flexibility index (Phi) is 10.5. The van der Waals surface area contributed by atoms with Gasteiger partial charge in [-0.1, -0.05) is 13.8 Å². The standard InChI is InChI=1S/C23H41NO4.H2/c1-17(2)23(26)20-10-12-21(13-11-20)24-22(25)5-4-14-28-16-19-8-6-18(7-9-19)15-27-3;/h17-21H,4-16H2,1-3H3,(H,24,25);1H. The molecule has 1 N–H and O–H groups in total. The van der Waals surface area contributed by atoms with E-state index in [0.29, 0.717) is 24.7 Å². The lowest BCUT2D eigenvalue weighted by Crippen LogP contribution is -2.39. The number of carbonyl (C=O) groups is 2. The van der Waals surface area contributed by atoms with Crippen molar-refractivity contribution in [1.82, 2.24) is 5.32 Å². The third-order valence-electron chi connectivity index (χ3n) is 6.48. The topological polar surface area (TPSA) is 64.6 Å². The third kappa shape index (κ3) is 8.20. The van der Waals surface area contributed by atoms with Crippen molar-refractivity contribution in [3.8, 4) is 0 Å². The van der Waals surface area contributed by atoms with Crippen LogP contribution in [-0.4, -0.2) is 44.7 Å². The van der Waals surface area contributed by atoms with Gasteiger partial charge in [-0.15, -0.1) is 0 Å². The molecule has 2 aliphatic carbocycles. The summed E-state index contributed by atoms with van der Waals surface area (Å²) in [5.41, 5.74) is 0. The Labute approximate surface area is 172 Å². The first-order chi connectivity index (χ1) is 13.5. The summed E-state index contributed by atoms with van der Waals surface area (Å²) in [4.78, 5) is 24.2. The first-order valence-corrected chi connectivity index (χ1v) is 11.4. The summed E-state index contributed by atoms with van der Waals surface area (Å²) in [5.74, 6) is 2.23. The van der Waals surface area contributed by atoms with Crippen LogP contribution in [0.25, 0.3) is 0 Å². The van der Waals surface area contributed by atoms with Gasteiger partial charge in [-0.05, 0) is 69.6 Å². The monoisotopic (exact) mass is 397 g/mol. The lowest BCUT2D eigenvalue weighted by Gasteiger charge is -2.29. The number of hydrogen-bond donors (Lipinski definition) is 1. The van der Waals surface area contributed by atoms with E-state index < -0.39 is 0 Å². The SMILES string of the molecule is COCC1CCC(COCCCC(=O)NC2CCC(C(=O)C(C)C)CC2)CC1.[HH]. The molecule has 0 aromatic rings. The zero-order chi connectivity index (χ0) is 20.4. The van der Waals surface area contributed by atoms with Gasteiger partial charge >= 0.3 is 0 Å². The van der Waals surface area contributed by atoms with Gasteiger partial charge in [0.25, 0.3) is 0 Å². The van der Waals surface area contributed by atoms with E-state index in [9.17, 15) is 9.59 Å². The van der Waals surface area contributed by atoms with Gasteiger partial charge in [0.2, 0.25) is 5.91 Å². The van der Waals surface area contributed by atoms with Crippen molar-refractivity contribution < 1.29 is 20.5 Å². The number of Topliss-reactive ketones (excluding diaryl/α,β-unsaturated/α-hetero) is 1. The molecule has 0 aliphatic heterocycles. The predicted octanol–water partition coefficient (Wildman–Crippen LogP) is 4.38. The lowest BCUT2D eigenvalue weighted by atomic mass is 9.80. The second kappa shape index (κ2) is 12.6. The van der Waals surface area contributed by atoms with Crippen molar-refractivity contribution in [2.45, 2.75) is 84.1 Å². The molecule has 5 heteroatoms. The number of ether oxygens (including phenoxy) is 2. The number of nitrogens with one attached hydrogen (secondary N) is 1. The summed E-state index contributed by atoms with van der Waals surface area (Å²) in [6.07, 6.45) is 9.96. The van der Waals surface area contributed by atoms with E-state index in [1.54, 1.807) is 7.11 Å². The number of carbonyl (C=O) groups excluding carboxylic acids is 2. The van der Waals surface area contributed by atoms with Crippen LogP contribution < -0.4 is 5.32 Å². The largest absolute Gasteiger partial charge is 0.384 e. The maximum Gasteiger partial charge on any atom is 0.220 e. The van der Waals surface area contributed by atoms with Crippen LogP contribution in [0.15, 0.2) is 0 Å². The summed E-state index contributed by atoms with van der Waals surface area (Å²) in [6, 6.07) is 0.243. The van der Waals surface area contributed by atoms with Crippen molar-refractivity contribution in [3.63, 3.8) is 0 Å². The maximum atomic E-state index is 12.2. The summed E-state index contributed by atoms with van der Waals surface area (Å²) in [7, 11) is 1.78. The van der Waals surface area contributed by atoms with E-state index in [2.05, 4.69) is 5.32 Å². The molecular formula is C23H43NO4. The normalized spacial score (nSPS) is 28.3. The van der Waals surface area contributed by atoms with E-state index in [4.69, 9.17) is 9.47 Å². The highest BCUT2D eigenvalue weighted by molar-refractivity contribution is 5.83. The Bertz CT molecular complexity index is 469. The predicted molar refractivity (Wildman–Crippen MR) is 113 cm³/mol. The van der Waals surface area contributed by atoms with Crippen LogP contribution in [0, 0.1) is 23.7 Å². The molecule has 0 aromatic carbocycles. The van der Waals surface area contributed by atoms with E-state index >= 15 is 0 Å². The van der Waals surface area contributed by atoms with Crippen LogP contribution >= 0.6 is 0 Å². The molecule has 2 saturated carbocycles. The van der Waals surface area contributed by atoms with Crippen LogP contribution in [0.5, 0.6) is 0 Å². The average molecular weight is 398 g/mol. The molecule has 1 amide bonds. The maximum absolute atomic E-state index is 12.2. The number of ketones is 1. The average Bonchev–Trinajstić information content (AvgIpc) is 2.69. The Morgan fingerprint density at radius 3 is 2.14 bits per heavy atom. The number of rotatable bonds is 11. The van der Waals surface area contributed by atoms with Crippen molar-refractivity contribution in [2.75, 3.05) is 26.9 Å². The Morgan fingerprint density at radius 1 is 0.964 bits per heavy atom.